The number of piperidine rings is 1. The van der Waals surface area contributed by atoms with Crippen molar-refractivity contribution in [2.24, 2.45) is 5.92 Å². The van der Waals surface area contributed by atoms with E-state index in [-0.39, 0.29) is 23.9 Å². The second kappa shape index (κ2) is 16.4. The average Bonchev–Trinajstić information content (AvgIpc) is 3.69. The topological polar surface area (TPSA) is 138 Å². The van der Waals surface area contributed by atoms with Crippen LogP contribution in [0.15, 0.2) is 48.5 Å². The van der Waals surface area contributed by atoms with Crippen molar-refractivity contribution in [3.05, 3.63) is 65.5 Å². The molecule has 7 rings (SSSR count). The van der Waals surface area contributed by atoms with Crippen molar-refractivity contribution in [3.63, 3.8) is 0 Å². The molecule has 2 aromatic carbocycles. The number of tetrazole rings is 1. The van der Waals surface area contributed by atoms with Gasteiger partial charge >= 0.3 is 11.9 Å². The Morgan fingerprint density at radius 1 is 0.959 bits per heavy atom. The number of aryl methyl sites for hydroxylation is 2. The van der Waals surface area contributed by atoms with Gasteiger partial charge in [-0.05, 0) is 98.3 Å². The maximum Gasteiger partial charge on any atom is 0.338 e. The van der Waals surface area contributed by atoms with Crippen LogP contribution in [0, 0.1) is 5.92 Å². The number of fused-ring (bicyclic) bond motifs is 3. The average molecular weight is 673 g/mol. The van der Waals surface area contributed by atoms with E-state index in [1.807, 2.05) is 31.3 Å². The Bertz CT molecular complexity index is 1570. The Hall–Kier alpha value is -4.32. The van der Waals surface area contributed by atoms with Gasteiger partial charge in [0.15, 0.2) is 5.82 Å². The molecule has 1 aliphatic carbocycles. The molecule has 0 spiro atoms. The first-order valence-corrected chi connectivity index (χ1v) is 17.8. The van der Waals surface area contributed by atoms with Gasteiger partial charge in [-0.15, -0.1) is 5.10 Å². The summed E-state index contributed by atoms with van der Waals surface area (Å²) >= 11 is 0. The number of anilines is 1. The fourth-order valence-corrected chi connectivity index (χ4v) is 7.78. The van der Waals surface area contributed by atoms with Crippen LogP contribution < -0.4 is 10.1 Å². The Labute approximate surface area is 287 Å². The molecule has 3 aromatic rings. The number of aromatic nitrogens is 4. The third-order valence-corrected chi connectivity index (χ3v) is 10.5. The van der Waals surface area contributed by atoms with E-state index in [2.05, 4.69) is 30.4 Å². The molecule has 3 aliphatic heterocycles. The molecule has 262 valence electrons. The van der Waals surface area contributed by atoms with Crippen LogP contribution in [0.1, 0.15) is 98.4 Å². The third-order valence-electron chi connectivity index (χ3n) is 10.5. The van der Waals surface area contributed by atoms with Crippen LogP contribution in [0.4, 0.5) is 5.69 Å². The zero-order valence-corrected chi connectivity index (χ0v) is 28.6. The molecular weight excluding hydrogens is 624 g/mol. The number of hydrogen-bond donors (Lipinski definition) is 1. The molecule has 1 aromatic heterocycles. The van der Waals surface area contributed by atoms with Crippen molar-refractivity contribution in [1.29, 1.82) is 0 Å². The molecular formula is C37H48N6O6. The number of rotatable bonds is 10. The van der Waals surface area contributed by atoms with Crippen molar-refractivity contribution in [1.82, 2.24) is 25.1 Å². The molecule has 3 fully saturated rings. The number of hydrogen-bond acceptors (Lipinski definition) is 10. The molecule has 2 saturated heterocycles. The lowest BCUT2D eigenvalue weighted by Gasteiger charge is -2.40. The van der Waals surface area contributed by atoms with E-state index in [1.54, 1.807) is 24.3 Å². The van der Waals surface area contributed by atoms with Gasteiger partial charge in [-0.2, -0.15) is 0 Å². The first kappa shape index (κ1) is 34.5. The van der Waals surface area contributed by atoms with E-state index in [1.165, 1.54) is 39.2 Å². The van der Waals surface area contributed by atoms with Gasteiger partial charge < -0.3 is 19.5 Å². The maximum atomic E-state index is 12.3. The lowest BCUT2D eigenvalue weighted by atomic mass is 9.87. The zero-order valence-electron chi connectivity index (χ0n) is 28.6. The Kier molecular flexibility index (Phi) is 11.6. The molecule has 1 amide bonds. The summed E-state index contributed by atoms with van der Waals surface area (Å²) in [5.41, 5.74) is 2.57. The van der Waals surface area contributed by atoms with E-state index in [4.69, 9.17) is 14.2 Å². The Morgan fingerprint density at radius 2 is 1.78 bits per heavy atom. The van der Waals surface area contributed by atoms with E-state index in [9.17, 15) is 14.4 Å². The molecule has 4 aliphatic rings. The van der Waals surface area contributed by atoms with Gasteiger partial charge in [0.05, 0.1) is 25.3 Å². The highest BCUT2D eigenvalue weighted by Crippen LogP contribution is 2.40. The van der Waals surface area contributed by atoms with Crippen molar-refractivity contribution < 1.29 is 28.6 Å². The number of benzene rings is 2. The second-order valence-corrected chi connectivity index (χ2v) is 13.6. The number of methoxy groups -OCH3 is 1. The van der Waals surface area contributed by atoms with Crippen LogP contribution in [-0.2, 0) is 31.9 Å². The summed E-state index contributed by atoms with van der Waals surface area (Å²) in [6.45, 7) is 0.677. The number of nitrogens with zero attached hydrogens (tertiary/aromatic N) is 5. The van der Waals surface area contributed by atoms with Gasteiger partial charge in [-0.3, -0.25) is 14.5 Å². The summed E-state index contributed by atoms with van der Waals surface area (Å²) in [5.74, 6) is 0.906. The first-order chi connectivity index (χ1) is 23.9. The van der Waals surface area contributed by atoms with Crippen molar-refractivity contribution >= 4 is 23.5 Å². The number of ether oxygens (including phenoxy) is 3. The number of esters is 2. The smallest absolute Gasteiger partial charge is 0.338 e. The number of carbonyl (C=O) groups excluding carboxylic acids is 3. The highest BCUT2D eigenvalue weighted by molar-refractivity contribution is 5.94. The van der Waals surface area contributed by atoms with Crippen LogP contribution in [0.5, 0.6) is 5.75 Å². The fourth-order valence-electron chi connectivity index (χ4n) is 7.78. The molecule has 0 radical (unpaired) electrons. The van der Waals surface area contributed by atoms with Crippen LogP contribution in [0.25, 0.3) is 0 Å². The molecule has 1 saturated carbocycles. The Morgan fingerprint density at radius 3 is 2.57 bits per heavy atom. The maximum absolute atomic E-state index is 12.3. The van der Waals surface area contributed by atoms with Gasteiger partial charge in [-0.25, -0.2) is 9.48 Å². The lowest BCUT2D eigenvalue weighted by Crippen LogP contribution is -2.53. The van der Waals surface area contributed by atoms with Crippen LogP contribution >= 0.6 is 0 Å². The predicted molar refractivity (Wildman–Crippen MR) is 182 cm³/mol. The van der Waals surface area contributed by atoms with E-state index >= 15 is 0 Å². The molecule has 0 unspecified atom stereocenters. The minimum absolute atomic E-state index is 0.0896. The first-order valence-electron chi connectivity index (χ1n) is 17.8. The van der Waals surface area contributed by atoms with Gasteiger partial charge in [0, 0.05) is 37.0 Å². The number of amides is 1. The fraction of sp³-hybridized carbons (Fsp3) is 0.568. The molecule has 12 heteroatoms. The van der Waals surface area contributed by atoms with Gasteiger partial charge in [-0.1, -0.05) is 37.5 Å². The van der Waals surface area contributed by atoms with Crippen LogP contribution in [0.3, 0.4) is 0 Å². The summed E-state index contributed by atoms with van der Waals surface area (Å²) in [7, 11) is 3.42. The standard InChI is InChI=1S/C20H27N5O2.C17H21NO4/c26-20-12-9-15-14-17(10-11-18(15)21-20)27-13-5-4-8-19-22-23-24-25(19)16-6-2-1-3-7-16;1-18-12-8-9-13(18)15(17(20)21-2)14(10-12)22-16(19)11-6-4-3-5-7-11/h10-11,14,16H,1-9,12-13H2,(H,21,26);3-7,12-15H,8-10H2,1-2H3/t;12-,13+,14-,15+/m.0/s1. The highest BCUT2D eigenvalue weighted by atomic mass is 16.6. The normalized spacial score (nSPS) is 23.4. The molecule has 1 N–H and O–H groups in total. The summed E-state index contributed by atoms with van der Waals surface area (Å²) in [6.07, 6.45) is 12.7. The second-order valence-electron chi connectivity index (χ2n) is 13.6. The zero-order chi connectivity index (χ0) is 34.2. The minimum atomic E-state index is -0.408. The van der Waals surface area contributed by atoms with Gasteiger partial charge in [0.25, 0.3) is 0 Å². The van der Waals surface area contributed by atoms with E-state index in [0.717, 1.165) is 61.3 Å². The number of unbranched alkanes of at least 4 members (excludes halogenated alkanes) is 1. The SMILES string of the molecule is COC(=O)[C@H]1[C@@H](OC(=O)c2ccccc2)C[C@@H]2CC[C@H]1N2C.O=C1CCc2cc(OCCCCc3nnnn3C3CCCCC3)ccc2N1. The molecule has 4 heterocycles. The summed E-state index contributed by atoms with van der Waals surface area (Å²) in [5, 5.41) is 15.2. The number of nitrogens with one attached hydrogen (secondary N) is 1. The van der Waals surface area contributed by atoms with Gasteiger partial charge in [0.1, 0.15) is 17.8 Å². The highest BCUT2D eigenvalue weighted by Gasteiger charge is 2.51. The summed E-state index contributed by atoms with van der Waals surface area (Å²) in [4.78, 5) is 38.1. The van der Waals surface area contributed by atoms with Crippen LogP contribution in [-0.4, -0.2) is 81.9 Å². The molecule has 49 heavy (non-hydrogen) atoms. The quantitative estimate of drug-likeness (QED) is 0.222. The van der Waals surface area contributed by atoms with Crippen molar-refractivity contribution in [2.75, 3.05) is 26.1 Å². The van der Waals surface area contributed by atoms with Gasteiger partial charge in [0.2, 0.25) is 5.91 Å². The number of carbonyl (C=O) groups is 3. The minimum Gasteiger partial charge on any atom is -0.494 e. The monoisotopic (exact) mass is 672 g/mol. The largest absolute Gasteiger partial charge is 0.494 e. The lowest BCUT2D eigenvalue weighted by molar-refractivity contribution is -0.156. The molecule has 2 bridgehead atoms. The van der Waals surface area contributed by atoms with E-state index < -0.39 is 12.0 Å². The third kappa shape index (κ3) is 8.46. The Balaban J connectivity index is 0.000000174. The molecule has 12 nitrogen and oxygen atoms in total. The van der Waals surface area contributed by atoms with E-state index in [0.29, 0.717) is 37.1 Å². The van der Waals surface area contributed by atoms with Crippen LogP contribution in [0.2, 0.25) is 0 Å². The summed E-state index contributed by atoms with van der Waals surface area (Å²) in [6, 6.07) is 15.7. The molecule has 4 atom stereocenters. The van der Waals surface area contributed by atoms with Crippen molar-refractivity contribution in [2.45, 2.75) is 108 Å². The van der Waals surface area contributed by atoms with Crippen molar-refractivity contribution in [3.8, 4) is 5.75 Å². The predicted octanol–water partition coefficient (Wildman–Crippen LogP) is 5.33. The summed E-state index contributed by atoms with van der Waals surface area (Å²) < 4.78 is 18.6.